The number of carbonyl (C=O) groups excluding carboxylic acids is 1. The maximum Gasteiger partial charge on any atom is 0.169 e. The molecule has 2 rings (SSSR count). The molecule has 0 fully saturated rings. The van der Waals surface area contributed by atoms with Crippen molar-refractivity contribution in [2.75, 3.05) is 13.2 Å². The molecule has 0 aromatic heterocycles. The molecule has 23 heavy (non-hydrogen) atoms. The fraction of sp³-hybridized carbons (Fsp3) is 0.278. The molecule has 2 aromatic rings. The second-order valence-electron chi connectivity index (χ2n) is 4.92. The van der Waals surface area contributed by atoms with Gasteiger partial charge in [0, 0.05) is 11.1 Å². The Morgan fingerprint density at radius 2 is 1.83 bits per heavy atom. The molecular formula is C18H18Cl2O3. The summed E-state index contributed by atoms with van der Waals surface area (Å²) in [7, 11) is 0. The number of carbonyl (C=O) groups is 1. The quantitative estimate of drug-likeness (QED) is 0.603. The van der Waals surface area contributed by atoms with Gasteiger partial charge < -0.3 is 9.47 Å². The van der Waals surface area contributed by atoms with Crippen molar-refractivity contribution >= 4 is 29.5 Å². The second-order valence-corrected chi connectivity index (χ2v) is 5.74. The molecular weight excluding hydrogens is 335 g/mol. The van der Waals surface area contributed by atoms with Crippen LogP contribution in [0.3, 0.4) is 0 Å². The van der Waals surface area contributed by atoms with Crippen LogP contribution in [0, 0.1) is 0 Å². The van der Waals surface area contributed by atoms with Crippen LogP contribution in [-0.2, 0) is 0 Å². The van der Waals surface area contributed by atoms with Crippen molar-refractivity contribution in [3.63, 3.8) is 0 Å². The van der Waals surface area contributed by atoms with Crippen LogP contribution < -0.4 is 9.47 Å². The maximum absolute atomic E-state index is 11.2. The van der Waals surface area contributed by atoms with E-state index in [9.17, 15) is 4.79 Å². The lowest BCUT2D eigenvalue weighted by Gasteiger charge is -2.17. The van der Waals surface area contributed by atoms with Crippen molar-refractivity contribution in [3.8, 4) is 22.6 Å². The monoisotopic (exact) mass is 352 g/mol. The largest absolute Gasteiger partial charge is 0.490 e. The van der Waals surface area contributed by atoms with Crippen LogP contribution in [0.2, 0.25) is 10.0 Å². The number of aldehydes is 1. The van der Waals surface area contributed by atoms with Gasteiger partial charge in [-0.3, -0.25) is 4.79 Å². The first kappa shape index (κ1) is 17.6. The summed E-state index contributed by atoms with van der Waals surface area (Å²) in [4.78, 5) is 11.2. The lowest BCUT2D eigenvalue weighted by atomic mass is 10.0. The van der Waals surface area contributed by atoms with Crippen LogP contribution in [0.1, 0.15) is 30.6 Å². The number of ether oxygens (including phenoxy) is 2. The number of hydrogen-bond donors (Lipinski definition) is 0. The van der Waals surface area contributed by atoms with E-state index in [1.807, 2.05) is 19.9 Å². The zero-order chi connectivity index (χ0) is 16.8. The molecule has 0 saturated carbocycles. The van der Waals surface area contributed by atoms with E-state index in [-0.39, 0.29) is 0 Å². The molecule has 0 atom stereocenters. The first-order valence-electron chi connectivity index (χ1n) is 7.44. The van der Waals surface area contributed by atoms with Crippen LogP contribution in [0.15, 0.2) is 30.3 Å². The van der Waals surface area contributed by atoms with Gasteiger partial charge in [0.2, 0.25) is 0 Å². The molecule has 0 bridgehead atoms. The van der Waals surface area contributed by atoms with Gasteiger partial charge >= 0.3 is 0 Å². The first-order valence-corrected chi connectivity index (χ1v) is 8.20. The summed E-state index contributed by atoms with van der Waals surface area (Å²) in [5.74, 6) is 1.16. The van der Waals surface area contributed by atoms with Gasteiger partial charge in [-0.05, 0) is 43.2 Å². The van der Waals surface area contributed by atoms with E-state index >= 15 is 0 Å². The molecule has 0 N–H and O–H groups in total. The molecule has 0 amide bonds. The zero-order valence-electron chi connectivity index (χ0n) is 13.1. The smallest absolute Gasteiger partial charge is 0.169 e. The van der Waals surface area contributed by atoms with Crippen LogP contribution in [-0.4, -0.2) is 19.5 Å². The van der Waals surface area contributed by atoms with Crippen LogP contribution in [0.4, 0.5) is 0 Å². The van der Waals surface area contributed by atoms with Gasteiger partial charge in [-0.1, -0.05) is 36.2 Å². The zero-order valence-corrected chi connectivity index (χ0v) is 14.6. The van der Waals surface area contributed by atoms with Crippen molar-refractivity contribution < 1.29 is 14.3 Å². The van der Waals surface area contributed by atoms with Gasteiger partial charge in [-0.15, -0.1) is 0 Å². The van der Waals surface area contributed by atoms with Gasteiger partial charge in [-0.2, -0.15) is 0 Å². The molecule has 0 aliphatic heterocycles. The van der Waals surface area contributed by atoms with Crippen LogP contribution in [0.5, 0.6) is 11.5 Å². The Morgan fingerprint density at radius 3 is 2.43 bits per heavy atom. The van der Waals surface area contributed by atoms with E-state index in [2.05, 4.69) is 0 Å². The molecule has 0 radical (unpaired) electrons. The van der Waals surface area contributed by atoms with Crippen LogP contribution in [0.25, 0.3) is 11.1 Å². The highest BCUT2D eigenvalue weighted by Crippen LogP contribution is 2.41. The molecule has 0 spiro atoms. The molecule has 2 aromatic carbocycles. The summed E-state index contributed by atoms with van der Waals surface area (Å²) >= 11 is 12.1. The van der Waals surface area contributed by atoms with Gasteiger partial charge in [0.1, 0.15) is 6.29 Å². The standard InChI is InChI=1S/C18H18Cl2O3/c1-3-7-23-18-14(13-5-6-15(19)16(20)10-13)8-12(11-21)9-17(18)22-4-2/h5-6,8-11H,3-4,7H2,1-2H3. The summed E-state index contributed by atoms with van der Waals surface area (Å²) in [6.45, 7) is 4.94. The summed E-state index contributed by atoms with van der Waals surface area (Å²) in [5.41, 5.74) is 2.08. The molecule has 0 aliphatic rings. The van der Waals surface area contributed by atoms with Crippen molar-refractivity contribution in [3.05, 3.63) is 45.9 Å². The minimum absolute atomic E-state index is 0.445. The lowest BCUT2D eigenvalue weighted by molar-refractivity contribution is 0.112. The van der Waals surface area contributed by atoms with Crippen LogP contribution >= 0.6 is 23.2 Å². The Balaban J connectivity index is 2.63. The maximum atomic E-state index is 11.2. The molecule has 3 nitrogen and oxygen atoms in total. The molecule has 122 valence electrons. The third kappa shape index (κ3) is 4.18. The van der Waals surface area contributed by atoms with Crippen molar-refractivity contribution in [1.82, 2.24) is 0 Å². The average molecular weight is 353 g/mol. The van der Waals surface area contributed by atoms with Crippen molar-refractivity contribution in [1.29, 1.82) is 0 Å². The fourth-order valence-corrected chi connectivity index (χ4v) is 2.48. The van der Waals surface area contributed by atoms with E-state index in [1.54, 1.807) is 24.3 Å². The number of hydrogen-bond acceptors (Lipinski definition) is 3. The Labute approximate surface area is 146 Å². The Kier molecular flexibility index (Phi) is 6.31. The fourth-order valence-electron chi connectivity index (χ4n) is 2.19. The van der Waals surface area contributed by atoms with E-state index in [1.165, 1.54) is 0 Å². The highest BCUT2D eigenvalue weighted by atomic mass is 35.5. The minimum Gasteiger partial charge on any atom is -0.490 e. The Bertz CT molecular complexity index is 699. The molecule has 0 unspecified atom stereocenters. The van der Waals surface area contributed by atoms with Gasteiger partial charge in [-0.25, -0.2) is 0 Å². The van der Waals surface area contributed by atoms with Gasteiger partial charge in [0.15, 0.2) is 11.5 Å². The number of benzene rings is 2. The van der Waals surface area contributed by atoms with Crippen molar-refractivity contribution in [2.45, 2.75) is 20.3 Å². The normalized spacial score (nSPS) is 10.4. The average Bonchev–Trinajstić information content (AvgIpc) is 2.56. The third-order valence-electron chi connectivity index (χ3n) is 3.19. The predicted molar refractivity (Wildman–Crippen MR) is 94.2 cm³/mol. The minimum atomic E-state index is 0.445. The molecule has 0 saturated heterocycles. The highest BCUT2D eigenvalue weighted by molar-refractivity contribution is 6.42. The predicted octanol–water partition coefficient (Wildman–Crippen LogP) is 5.66. The third-order valence-corrected chi connectivity index (χ3v) is 3.93. The first-order chi connectivity index (χ1) is 11.1. The van der Waals surface area contributed by atoms with Crippen molar-refractivity contribution in [2.24, 2.45) is 0 Å². The molecule has 0 aliphatic carbocycles. The Morgan fingerprint density at radius 1 is 1.04 bits per heavy atom. The number of halogens is 2. The molecule has 0 heterocycles. The van der Waals surface area contributed by atoms with E-state index in [4.69, 9.17) is 32.7 Å². The van der Waals surface area contributed by atoms with E-state index in [0.29, 0.717) is 40.3 Å². The number of rotatable bonds is 7. The lowest BCUT2D eigenvalue weighted by Crippen LogP contribution is -2.03. The van der Waals surface area contributed by atoms with E-state index in [0.717, 1.165) is 23.8 Å². The van der Waals surface area contributed by atoms with E-state index < -0.39 is 0 Å². The van der Waals surface area contributed by atoms with Gasteiger partial charge in [0.25, 0.3) is 0 Å². The highest BCUT2D eigenvalue weighted by Gasteiger charge is 2.16. The van der Waals surface area contributed by atoms with Gasteiger partial charge in [0.05, 0.1) is 23.3 Å². The SMILES string of the molecule is CCCOc1c(OCC)cc(C=O)cc1-c1ccc(Cl)c(Cl)c1. The Hall–Kier alpha value is -1.71. The summed E-state index contributed by atoms with van der Waals surface area (Å²) in [5, 5.41) is 0.920. The summed E-state index contributed by atoms with van der Waals surface area (Å²) in [6, 6.07) is 8.76. The topological polar surface area (TPSA) is 35.5 Å². The molecule has 5 heteroatoms. The summed E-state index contributed by atoms with van der Waals surface area (Å²) in [6.07, 6.45) is 1.65. The summed E-state index contributed by atoms with van der Waals surface area (Å²) < 4.78 is 11.5. The second kappa shape index (κ2) is 8.23.